The van der Waals surface area contributed by atoms with Crippen LogP contribution in [0.25, 0.3) is 0 Å². The normalized spacial score (nSPS) is 11.2. The minimum atomic E-state index is -4.93. The Balaban J connectivity index is 3.17. The van der Waals surface area contributed by atoms with E-state index < -0.39 is 23.9 Å². The molecule has 0 aliphatic rings. The van der Waals surface area contributed by atoms with E-state index >= 15 is 0 Å². The Kier molecular flexibility index (Phi) is 4.54. The van der Waals surface area contributed by atoms with Crippen LogP contribution < -0.4 is 16.2 Å². The molecule has 0 aliphatic carbocycles. The van der Waals surface area contributed by atoms with Gasteiger partial charge in [-0.1, -0.05) is 0 Å². The maximum absolute atomic E-state index is 12.1. The molecule has 0 saturated heterocycles. The molecule has 1 aromatic heterocycles. The molecule has 4 N–H and O–H groups in total. The maximum Gasteiger partial charge on any atom is 0.574 e. The molecule has 0 amide bonds. The number of anilines is 1. The third-order valence-electron chi connectivity index (χ3n) is 2.00. The number of halogens is 3. The Morgan fingerprint density at radius 1 is 1.47 bits per heavy atom. The first-order valence-corrected chi connectivity index (χ1v) is 5.20. The zero-order valence-corrected chi connectivity index (χ0v) is 9.95. The largest absolute Gasteiger partial charge is 0.574 e. The number of pyridine rings is 1. The molecule has 6 nitrogen and oxygen atoms in total. The van der Waals surface area contributed by atoms with E-state index in [1.807, 2.05) is 0 Å². The molecule has 0 atom stereocenters. The number of carbonyl (C=O) groups is 1. The highest BCUT2D eigenvalue weighted by atomic mass is 19.4. The number of nitrogen functional groups attached to an aromatic ring is 1. The summed E-state index contributed by atoms with van der Waals surface area (Å²) in [5, 5.41) is 0. The van der Waals surface area contributed by atoms with E-state index in [-0.39, 0.29) is 24.4 Å². The smallest absolute Gasteiger partial charge is 0.462 e. The number of ether oxygens (including phenoxy) is 2. The first kappa shape index (κ1) is 15.0. The maximum atomic E-state index is 12.1. The summed E-state index contributed by atoms with van der Waals surface area (Å²) in [5.74, 6) is -1.61. The number of carbonyl (C=O) groups excluding carboxylic acids is 1. The number of aromatic nitrogens is 1. The highest BCUT2D eigenvalue weighted by molar-refractivity contribution is 5.92. The summed E-state index contributed by atoms with van der Waals surface area (Å²) in [6.45, 7) is 1.42. The number of hydrogen-bond acceptors (Lipinski definition) is 6. The number of hydrogen-bond donors (Lipinski definition) is 2. The predicted molar refractivity (Wildman–Crippen MR) is 59.2 cm³/mol. The van der Waals surface area contributed by atoms with Gasteiger partial charge < -0.3 is 20.9 Å². The first-order valence-electron chi connectivity index (χ1n) is 5.20. The predicted octanol–water partition coefficient (Wildman–Crippen LogP) is 1.20. The van der Waals surface area contributed by atoms with E-state index in [0.717, 1.165) is 6.07 Å². The van der Waals surface area contributed by atoms with Gasteiger partial charge in [0.05, 0.1) is 23.6 Å². The van der Waals surface area contributed by atoms with Crippen molar-refractivity contribution < 1.29 is 27.4 Å². The van der Waals surface area contributed by atoms with Crippen LogP contribution in [0, 0.1) is 0 Å². The quantitative estimate of drug-likeness (QED) is 0.803. The molecule has 1 heterocycles. The van der Waals surface area contributed by atoms with Crippen molar-refractivity contribution in [1.29, 1.82) is 0 Å². The van der Waals surface area contributed by atoms with E-state index in [2.05, 4.69) is 9.72 Å². The monoisotopic (exact) mass is 279 g/mol. The van der Waals surface area contributed by atoms with Crippen molar-refractivity contribution in [2.24, 2.45) is 5.73 Å². The van der Waals surface area contributed by atoms with Gasteiger partial charge in [-0.05, 0) is 13.0 Å². The second-order valence-electron chi connectivity index (χ2n) is 3.35. The first-order chi connectivity index (χ1) is 8.78. The zero-order chi connectivity index (χ0) is 14.6. The van der Waals surface area contributed by atoms with E-state index in [1.165, 1.54) is 0 Å². The van der Waals surface area contributed by atoms with Gasteiger partial charge in [-0.2, -0.15) is 0 Å². The van der Waals surface area contributed by atoms with Crippen molar-refractivity contribution >= 4 is 11.7 Å². The fourth-order valence-corrected chi connectivity index (χ4v) is 1.28. The fourth-order valence-electron chi connectivity index (χ4n) is 1.28. The van der Waals surface area contributed by atoms with Gasteiger partial charge in [0, 0.05) is 6.54 Å². The molecule has 0 radical (unpaired) electrons. The van der Waals surface area contributed by atoms with Gasteiger partial charge in [0.2, 0.25) is 5.88 Å². The highest BCUT2D eigenvalue weighted by Gasteiger charge is 2.33. The van der Waals surface area contributed by atoms with Crippen LogP contribution in [0.1, 0.15) is 23.0 Å². The van der Waals surface area contributed by atoms with Gasteiger partial charge in [-0.3, -0.25) is 0 Å². The summed E-state index contributed by atoms with van der Waals surface area (Å²) in [5.41, 5.74) is 10.1. The molecular weight excluding hydrogens is 267 g/mol. The molecule has 106 valence electrons. The van der Waals surface area contributed by atoms with Crippen LogP contribution in [0.4, 0.5) is 18.9 Å². The van der Waals surface area contributed by atoms with E-state index in [4.69, 9.17) is 16.2 Å². The van der Waals surface area contributed by atoms with Crippen LogP contribution in [-0.4, -0.2) is 23.9 Å². The lowest BCUT2D eigenvalue weighted by Gasteiger charge is -2.13. The van der Waals surface area contributed by atoms with Gasteiger partial charge in [-0.25, -0.2) is 9.78 Å². The van der Waals surface area contributed by atoms with Gasteiger partial charge in [0.25, 0.3) is 0 Å². The lowest BCUT2D eigenvalue weighted by atomic mass is 10.1. The molecule has 0 aliphatic heterocycles. The molecule has 0 bridgehead atoms. The number of nitrogens with two attached hydrogens (primary N) is 2. The average Bonchev–Trinajstić information content (AvgIpc) is 2.29. The van der Waals surface area contributed by atoms with Crippen molar-refractivity contribution in [2.75, 3.05) is 12.3 Å². The topological polar surface area (TPSA) is 100 Å². The molecule has 1 aromatic rings. The molecular formula is C10H12F3N3O3. The zero-order valence-electron chi connectivity index (χ0n) is 9.95. The van der Waals surface area contributed by atoms with Gasteiger partial charge >= 0.3 is 12.3 Å². The molecule has 0 unspecified atom stereocenters. The number of esters is 1. The molecule has 0 saturated carbocycles. The van der Waals surface area contributed by atoms with Crippen molar-refractivity contribution in [3.8, 4) is 5.88 Å². The van der Waals surface area contributed by atoms with Gasteiger partial charge in [0.15, 0.2) is 0 Å². The Morgan fingerprint density at radius 2 is 2.11 bits per heavy atom. The Morgan fingerprint density at radius 3 is 2.58 bits per heavy atom. The van der Waals surface area contributed by atoms with Crippen LogP contribution >= 0.6 is 0 Å². The molecule has 0 spiro atoms. The SMILES string of the molecule is CCOC(=O)c1cc(N)c(OC(F)(F)F)nc1CN. The van der Waals surface area contributed by atoms with Gasteiger partial charge in [0.1, 0.15) is 0 Å². The summed E-state index contributed by atoms with van der Waals surface area (Å²) >= 11 is 0. The molecule has 9 heteroatoms. The van der Waals surface area contributed by atoms with E-state index in [0.29, 0.717) is 0 Å². The summed E-state index contributed by atoms with van der Waals surface area (Å²) in [7, 11) is 0. The van der Waals surface area contributed by atoms with Crippen molar-refractivity contribution in [3.63, 3.8) is 0 Å². The third kappa shape index (κ3) is 3.98. The molecule has 1 rings (SSSR count). The van der Waals surface area contributed by atoms with E-state index in [9.17, 15) is 18.0 Å². The van der Waals surface area contributed by atoms with Crippen LogP contribution in [0.3, 0.4) is 0 Å². The van der Waals surface area contributed by atoms with Crippen molar-refractivity contribution in [1.82, 2.24) is 4.98 Å². The number of rotatable bonds is 4. The summed E-state index contributed by atoms with van der Waals surface area (Å²) in [4.78, 5) is 15.0. The Labute approximate surface area is 106 Å². The lowest BCUT2D eigenvalue weighted by molar-refractivity contribution is -0.275. The van der Waals surface area contributed by atoms with Crippen molar-refractivity contribution in [2.45, 2.75) is 19.8 Å². The molecule has 0 fully saturated rings. The van der Waals surface area contributed by atoms with Crippen LogP contribution in [-0.2, 0) is 11.3 Å². The molecule has 0 aromatic carbocycles. The average molecular weight is 279 g/mol. The van der Waals surface area contributed by atoms with Crippen LogP contribution in [0.5, 0.6) is 5.88 Å². The van der Waals surface area contributed by atoms with Gasteiger partial charge in [-0.15, -0.1) is 13.2 Å². The number of alkyl halides is 3. The van der Waals surface area contributed by atoms with E-state index in [1.54, 1.807) is 6.92 Å². The highest BCUT2D eigenvalue weighted by Crippen LogP contribution is 2.28. The number of nitrogens with zero attached hydrogens (tertiary/aromatic N) is 1. The second kappa shape index (κ2) is 5.74. The fraction of sp³-hybridized carbons (Fsp3) is 0.400. The summed E-state index contributed by atoms with van der Waals surface area (Å²) in [6, 6.07) is 0.994. The summed E-state index contributed by atoms with van der Waals surface area (Å²) < 4.78 is 44.6. The minimum Gasteiger partial charge on any atom is -0.462 e. The Hall–Kier alpha value is -2.03. The van der Waals surface area contributed by atoms with Crippen LogP contribution in [0.15, 0.2) is 6.07 Å². The molecule has 19 heavy (non-hydrogen) atoms. The standard InChI is InChI=1S/C10H12F3N3O3/c1-2-18-9(17)5-3-6(15)8(16-7(5)4-14)19-10(11,12)13/h3H,2,4,14-15H2,1H3. The van der Waals surface area contributed by atoms with Crippen molar-refractivity contribution in [3.05, 3.63) is 17.3 Å². The summed E-state index contributed by atoms with van der Waals surface area (Å²) in [6.07, 6.45) is -4.93. The Bertz CT molecular complexity index is 477. The van der Waals surface area contributed by atoms with Crippen LogP contribution in [0.2, 0.25) is 0 Å². The minimum absolute atomic E-state index is 0.0867. The second-order valence-corrected chi connectivity index (χ2v) is 3.35. The lowest BCUT2D eigenvalue weighted by Crippen LogP contribution is -2.21. The third-order valence-corrected chi connectivity index (χ3v) is 2.00.